The van der Waals surface area contributed by atoms with Gasteiger partial charge < -0.3 is 9.84 Å². The molecule has 0 bridgehead atoms. The van der Waals surface area contributed by atoms with Gasteiger partial charge >= 0.3 is 5.97 Å². The molecular formula is C19H36O3S3. The summed E-state index contributed by atoms with van der Waals surface area (Å²) >= 11 is 8.08. The number of thioether (sulfide) groups is 2. The van der Waals surface area contributed by atoms with Gasteiger partial charge in [0.05, 0.1) is 5.92 Å². The number of ether oxygens (including phenoxy) is 1. The average Bonchev–Trinajstić information content (AvgIpc) is 2.57. The number of aliphatic hydroxyl groups is 1. The summed E-state index contributed by atoms with van der Waals surface area (Å²) in [6.45, 7) is 5.80. The molecule has 0 aliphatic carbocycles. The summed E-state index contributed by atoms with van der Waals surface area (Å²) in [4.78, 5) is 11.3. The van der Waals surface area contributed by atoms with Crippen LogP contribution in [-0.2, 0) is 9.53 Å². The molecule has 1 unspecified atom stereocenters. The zero-order chi connectivity index (χ0) is 18.9. The van der Waals surface area contributed by atoms with Crippen molar-refractivity contribution in [2.24, 2.45) is 5.92 Å². The van der Waals surface area contributed by atoms with Crippen LogP contribution in [0.2, 0.25) is 0 Å². The van der Waals surface area contributed by atoms with Gasteiger partial charge in [0, 0.05) is 0 Å². The molecule has 0 spiro atoms. The fourth-order valence-electron chi connectivity index (χ4n) is 2.24. The summed E-state index contributed by atoms with van der Waals surface area (Å²) in [5.74, 6) is 0.541. The van der Waals surface area contributed by atoms with E-state index in [2.05, 4.69) is 6.92 Å². The Labute approximate surface area is 168 Å². The van der Waals surface area contributed by atoms with Crippen LogP contribution in [-0.4, -0.2) is 32.4 Å². The number of hydrogen-bond donors (Lipinski definition) is 1. The molecule has 1 N–H and O–H groups in total. The van der Waals surface area contributed by atoms with Crippen LogP contribution in [0.4, 0.5) is 0 Å². The van der Waals surface area contributed by atoms with Crippen LogP contribution < -0.4 is 0 Å². The van der Waals surface area contributed by atoms with E-state index in [-0.39, 0.29) is 18.5 Å². The molecule has 0 fully saturated rings. The standard InChI is InChI=1S/C19H36O3S3/c1-4-5-6-7-8-9-10-11-12-13-14-24-19(23)25-17(20)15-22-18(21)16(2)3/h16-17,20H,4-15H2,1-3H3. The Balaban J connectivity index is 3.42. The van der Waals surface area contributed by atoms with Gasteiger partial charge in [-0.15, -0.1) is 11.8 Å². The van der Waals surface area contributed by atoms with Crippen LogP contribution in [0, 0.1) is 5.92 Å². The van der Waals surface area contributed by atoms with Crippen LogP contribution in [0.5, 0.6) is 0 Å². The number of rotatable bonds is 15. The lowest BCUT2D eigenvalue weighted by Gasteiger charge is -2.12. The SMILES string of the molecule is CCCCCCCCCCCCSC(=S)SC(O)COC(=O)C(C)C. The monoisotopic (exact) mass is 408 g/mol. The van der Waals surface area contributed by atoms with Crippen molar-refractivity contribution in [3.05, 3.63) is 0 Å². The van der Waals surface area contributed by atoms with Crippen LogP contribution >= 0.6 is 35.7 Å². The minimum atomic E-state index is -0.768. The number of unbranched alkanes of at least 4 members (excludes halogenated alkanes) is 9. The molecule has 0 heterocycles. The molecule has 6 heteroatoms. The Morgan fingerprint density at radius 3 is 2.04 bits per heavy atom. The van der Waals surface area contributed by atoms with E-state index in [9.17, 15) is 9.90 Å². The number of hydrogen-bond acceptors (Lipinski definition) is 6. The molecule has 0 aliphatic rings. The van der Waals surface area contributed by atoms with Crippen molar-refractivity contribution in [3.8, 4) is 0 Å². The van der Waals surface area contributed by atoms with Crippen molar-refractivity contribution in [3.63, 3.8) is 0 Å². The summed E-state index contributed by atoms with van der Waals surface area (Å²) in [5, 5.41) is 9.81. The minimum Gasteiger partial charge on any atom is -0.462 e. The van der Waals surface area contributed by atoms with Gasteiger partial charge in [-0.25, -0.2) is 0 Å². The van der Waals surface area contributed by atoms with Crippen molar-refractivity contribution >= 4 is 45.2 Å². The van der Waals surface area contributed by atoms with E-state index in [4.69, 9.17) is 17.0 Å². The van der Waals surface area contributed by atoms with Gasteiger partial charge in [0.15, 0.2) is 0 Å². The van der Waals surface area contributed by atoms with E-state index in [0.29, 0.717) is 0 Å². The Hall–Kier alpha value is 0.220. The second-order valence-electron chi connectivity index (χ2n) is 6.64. The van der Waals surface area contributed by atoms with E-state index < -0.39 is 5.44 Å². The van der Waals surface area contributed by atoms with Crippen molar-refractivity contribution < 1.29 is 14.6 Å². The maximum atomic E-state index is 11.3. The molecule has 0 aromatic heterocycles. The zero-order valence-corrected chi connectivity index (χ0v) is 18.6. The molecule has 1 atom stereocenters. The van der Waals surface area contributed by atoms with Crippen molar-refractivity contribution in [2.45, 2.75) is 90.4 Å². The fourth-order valence-corrected chi connectivity index (χ4v) is 4.56. The molecule has 0 saturated carbocycles. The molecule has 0 amide bonds. The van der Waals surface area contributed by atoms with Gasteiger partial charge in [0.25, 0.3) is 0 Å². The molecule has 3 nitrogen and oxygen atoms in total. The average molecular weight is 409 g/mol. The molecule has 0 aromatic rings. The van der Waals surface area contributed by atoms with E-state index in [1.165, 1.54) is 76.0 Å². The van der Waals surface area contributed by atoms with E-state index in [1.54, 1.807) is 25.6 Å². The van der Waals surface area contributed by atoms with Crippen LogP contribution in [0.25, 0.3) is 0 Å². The summed E-state index contributed by atoms with van der Waals surface area (Å²) in [7, 11) is 0. The highest BCUT2D eigenvalue weighted by Crippen LogP contribution is 2.22. The van der Waals surface area contributed by atoms with Gasteiger partial charge in [-0.3, -0.25) is 4.79 Å². The van der Waals surface area contributed by atoms with Gasteiger partial charge in [-0.1, -0.05) is 103 Å². The van der Waals surface area contributed by atoms with Crippen LogP contribution in [0.1, 0.15) is 85.0 Å². The molecule has 25 heavy (non-hydrogen) atoms. The lowest BCUT2D eigenvalue weighted by atomic mass is 10.1. The number of carbonyl (C=O) groups is 1. The first kappa shape index (κ1) is 25.2. The van der Waals surface area contributed by atoms with E-state index in [1.807, 2.05) is 0 Å². The molecule has 0 aromatic carbocycles. The smallest absolute Gasteiger partial charge is 0.308 e. The van der Waals surface area contributed by atoms with Gasteiger partial charge in [0.2, 0.25) is 0 Å². The molecule has 0 saturated heterocycles. The predicted molar refractivity (Wildman–Crippen MR) is 116 cm³/mol. The largest absolute Gasteiger partial charge is 0.462 e. The Bertz CT molecular complexity index is 349. The van der Waals surface area contributed by atoms with Gasteiger partial charge in [-0.05, 0) is 12.2 Å². The third-order valence-corrected chi connectivity index (χ3v) is 6.40. The van der Waals surface area contributed by atoms with Gasteiger partial charge in [-0.2, -0.15) is 0 Å². The quantitative estimate of drug-likeness (QED) is 0.151. The third-order valence-electron chi connectivity index (χ3n) is 3.79. The highest BCUT2D eigenvalue weighted by Gasteiger charge is 2.14. The molecule has 148 valence electrons. The third kappa shape index (κ3) is 17.4. The lowest BCUT2D eigenvalue weighted by Crippen LogP contribution is -2.19. The molecule has 0 rings (SSSR count). The summed E-state index contributed by atoms with van der Waals surface area (Å²) < 4.78 is 5.72. The fraction of sp³-hybridized carbons (Fsp3) is 0.895. The van der Waals surface area contributed by atoms with Gasteiger partial charge in [0.1, 0.15) is 15.6 Å². The Kier molecular flexibility index (Phi) is 17.8. The minimum absolute atomic E-state index is 0.000631. The summed E-state index contributed by atoms with van der Waals surface area (Å²) in [6.07, 6.45) is 13.3. The molecule has 0 aliphatic heterocycles. The maximum Gasteiger partial charge on any atom is 0.308 e. The van der Waals surface area contributed by atoms with Crippen molar-refractivity contribution in [1.29, 1.82) is 0 Å². The van der Waals surface area contributed by atoms with Crippen LogP contribution in [0.15, 0.2) is 0 Å². The Morgan fingerprint density at radius 2 is 1.52 bits per heavy atom. The first-order valence-electron chi connectivity index (χ1n) is 9.65. The number of aliphatic hydroxyl groups excluding tert-OH is 1. The zero-order valence-electron chi connectivity index (χ0n) is 16.1. The van der Waals surface area contributed by atoms with Crippen molar-refractivity contribution in [2.75, 3.05) is 12.4 Å². The lowest BCUT2D eigenvalue weighted by molar-refractivity contribution is -0.148. The van der Waals surface area contributed by atoms with Crippen LogP contribution in [0.3, 0.4) is 0 Å². The molecular weight excluding hydrogens is 372 g/mol. The summed E-state index contributed by atoms with van der Waals surface area (Å²) in [6, 6.07) is 0. The Morgan fingerprint density at radius 1 is 1.00 bits per heavy atom. The normalized spacial score (nSPS) is 12.4. The first-order valence-corrected chi connectivity index (χ1v) is 11.9. The van der Waals surface area contributed by atoms with E-state index >= 15 is 0 Å². The predicted octanol–water partition coefficient (Wildman–Crippen LogP) is 6.18. The number of thiocarbonyl (C=S) groups is 1. The van der Waals surface area contributed by atoms with Crippen molar-refractivity contribution in [1.82, 2.24) is 0 Å². The first-order chi connectivity index (χ1) is 12.0. The topological polar surface area (TPSA) is 46.5 Å². The highest BCUT2D eigenvalue weighted by atomic mass is 32.2. The van der Waals surface area contributed by atoms with E-state index in [0.717, 1.165) is 9.28 Å². The highest BCUT2D eigenvalue weighted by molar-refractivity contribution is 8.47. The molecule has 0 radical (unpaired) electrons. The maximum absolute atomic E-state index is 11.3. The summed E-state index contributed by atoms with van der Waals surface area (Å²) in [5.41, 5.74) is -0.768. The number of esters is 1. The second kappa shape index (κ2) is 17.6. The number of carbonyl (C=O) groups excluding carboxylic acids is 1. The second-order valence-corrected chi connectivity index (χ2v) is 10.1.